The minimum atomic E-state index is -1.02. The standard InChI is InChI=1S/C11H14F2O2/c1-3-4-9(14)7-5-8(12)11(13)10(6-7)15-2/h5-6,9,14H,3-4H2,1-2H3. The van der Waals surface area contributed by atoms with Crippen LogP contribution < -0.4 is 4.74 Å². The number of aliphatic hydroxyl groups excluding tert-OH is 1. The molecule has 15 heavy (non-hydrogen) atoms. The van der Waals surface area contributed by atoms with E-state index >= 15 is 0 Å². The van der Waals surface area contributed by atoms with E-state index in [0.717, 1.165) is 12.5 Å². The number of benzene rings is 1. The van der Waals surface area contributed by atoms with Crippen LogP contribution in [0.25, 0.3) is 0 Å². The summed E-state index contributed by atoms with van der Waals surface area (Å²) in [6, 6.07) is 2.32. The third-order valence-corrected chi connectivity index (χ3v) is 2.18. The summed E-state index contributed by atoms with van der Waals surface area (Å²) >= 11 is 0. The van der Waals surface area contributed by atoms with Gasteiger partial charge in [0.25, 0.3) is 0 Å². The second kappa shape index (κ2) is 5.07. The first-order chi connectivity index (χ1) is 7.10. The van der Waals surface area contributed by atoms with Gasteiger partial charge in [0.1, 0.15) is 0 Å². The van der Waals surface area contributed by atoms with E-state index in [2.05, 4.69) is 4.74 Å². The van der Waals surface area contributed by atoms with Crippen molar-refractivity contribution in [2.75, 3.05) is 7.11 Å². The summed E-state index contributed by atoms with van der Waals surface area (Å²) in [5.74, 6) is -2.20. The quantitative estimate of drug-likeness (QED) is 0.838. The Kier molecular flexibility index (Phi) is 4.03. The maximum Gasteiger partial charge on any atom is 0.200 e. The van der Waals surface area contributed by atoms with E-state index in [9.17, 15) is 13.9 Å². The van der Waals surface area contributed by atoms with Gasteiger partial charge in [-0.2, -0.15) is 4.39 Å². The second-order valence-corrected chi connectivity index (χ2v) is 3.32. The lowest BCUT2D eigenvalue weighted by molar-refractivity contribution is 0.165. The minimum absolute atomic E-state index is 0.180. The molecule has 2 nitrogen and oxygen atoms in total. The highest BCUT2D eigenvalue weighted by Crippen LogP contribution is 2.27. The van der Waals surface area contributed by atoms with Crippen LogP contribution in [0.2, 0.25) is 0 Å². The van der Waals surface area contributed by atoms with E-state index in [1.807, 2.05) is 6.92 Å². The molecule has 0 fully saturated rings. The smallest absolute Gasteiger partial charge is 0.200 e. The number of methoxy groups -OCH3 is 1. The zero-order valence-electron chi connectivity index (χ0n) is 8.76. The summed E-state index contributed by atoms with van der Waals surface area (Å²) in [4.78, 5) is 0. The minimum Gasteiger partial charge on any atom is -0.494 e. The molecule has 1 rings (SSSR count). The predicted octanol–water partition coefficient (Wildman–Crippen LogP) is 2.81. The lowest BCUT2D eigenvalue weighted by Crippen LogP contribution is -2.01. The molecular weight excluding hydrogens is 202 g/mol. The highest BCUT2D eigenvalue weighted by Gasteiger charge is 2.15. The van der Waals surface area contributed by atoms with E-state index in [4.69, 9.17) is 0 Å². The molecule has 0 heterocycles. The fourth-order valence-corrected chi connectivity index (χ4v) is 1.36. The van der Waals surface area contributed by atoms with Crippen molar-refractivity contribution in [1.82, 2.24) is 0 Å². The Bertz CT molecular complexity index is 340. The normalized spacial score (nSPS) is 12.6. The van der Waals surface area contributed by atoms with Crippen LogP contribution >= 0.6 is 0 Å². The highest BCUT2D eigenvalue weighted by molar-refractivity contribution is 5.32. The highest BCUT2D eigenvalue weighted by atomic mass is 19.2. The predicted molar refractivity (Wildman–Crippen MR) is 52.8 cm³/mol. The molecule has 0 aliphatic carbocycles. The van der Waals surface area contributed by atoms with Crippen LogP contribution in [0.4, 0.5) is 8.78 Å². The molecule has 0 bridgehead atoms. The van der Waals surface area contributed by atoms with Crippen molar-refractivity contribution in [1.29, 1.82) is 0 Å². The lowest BCUT2D eigenvalue weighted by atomic mass is 10.0. The number of aliphatic hydroxyl groups is 1. The van der Waals surface area contributed by atoms with Crippen LogP contribution in [-0.2, 0) is 0 Å². The van der Waals surface area contributed by atoms with Crippen molar-refractivity contribution in [3.05, 3.63) is 29.3 Å². The first kappa shape index (κ1) is 11.9. The number of ether oxygens (including phenoxy) is 1. The lowest BCUT2D eigenvalue weighted by Gasteiger charge is -2.12. The van der Waals surface area contributed by atoms with Crippen LogP contribution in [0.5, 0.6) is 5.75 Å². The molecule has 1 atom stereocenters. The van der Waals surface area contributed by atoms with E-state index in [0.29, 0.717) is 12.0 Å². The maximum atomic E-state index is 13.1. The Morgan fingerprint density at radius 1 is 1.40 bits per heavy atom. The van der Waals surface area contributed by atoms with Gasteiger partial charge in [0.15, 0.2) is 11.6 Å². The van der Waals surface area contributed by atoms with Crippen molar-refractivity contribution >= 4 is 0 Å². The molecular formula is C11H14F2O2. The molecule has 1 aromatic rings. The molecule has 0 spiro atoms. The van der Waals surface area contributed by atoms with E-state index < -0.39 is 17.7 Å². The molecule has 1 unspecified atom stereocenters. The van der Waals surface area contributed by atoms with Crippen molar-refractivity contribution in [2.45, 2.75) is 25.9 Å². The Balaban J connectivity index is 3.05. The van der Waals surface area contributed by atoms with Gasteiger partial charge in [0.05, 0.1) is 13.2 Å². The van der Waals surface area contributed by atoms with Gasteiger partial charge in [0.2, 0.25) is 5.82 Å². The first-order valence-corrected chi connectivity index (χ1v) is 4.81. The summed E-state index contributed by atoms with van der Waals surface area (Å²) in [6.45, 7) is 1.90. The topological polar surface area (TPSA) is 29.5 Å². The zero-order chi connectivity index (χ0) is 11.4. The van der Waals surface area contributed by atoms with Gasteiger partial charge in [-0.25, -0.2) is 4.39 Å². The Morgan fingerprint density at radius 2 is 2.07 bits per heavy atom. The molecule has 0 aliphatic rings. The van der Waals surface area contributed by atoms with Gasteiger partial charge in [-0.1, -0.05) is 13.3 Å². The molecule has 0 saturated carbocycles. The molecule has 0 aromatic heterocycles. The van der Waals surface area contributed by atoms with Crippen molar-refractivity contribution in [2.24, 2.45) is 0 Å². The van der Waals surface area contributed by atoms with Gasteiger partial charge < -0.3 is 9.84 Å². The van der Waals surface area contributed by atoms with Crippen molar-refractivity contribution in [3.63, 3.8) is 0 Å². The van der Waals surface area contributed by atoms with Crippen LogP contribution in [0.1, 0.15) is 31.4 Å². The van der Waals surface area contributed by atoms with Gasteiger partial charge in [-0.15, -0.1) is 0 Å². The van der Waals surface area contributed by atoms with Crippen LogP contribution in [0, 0.1) is 11.6 Å². The first-order valence-electron chi connectivity index (χ1n) is 4.81. The van der Waals surface area contributed by atoms with Gasteiger partial charge in [-0.3, -0.25) is 0 Å². The molecule has 4 heteroatoms. The molecule has 84 valence electrons. The Morgan fingerprint density at radius 3 is 2.60 bits per heavy atom. The third kappa shape index (κ3) is 2.65. The number of halogens is 2. The van der Waals surface area contributed by atoms with Crippen molar-refractivity contribution < 1.29 is 18.6 Å². The third-order valence-electron chi connectivity index (χ3n) is 2.18. The van der Waals surface area contributed by atoms with Gasteiger partial charge in [0, 0.05) is 0 Å². The molecule has 1 aromatic carbocycles. The average Bonchev–Trinajstić information content (AvgIpc) is 2.22. The Labute approximate surface area is 87.5 Å². The van der Waals surface area contributed by atoms with E-state index in [1.54, 1.807) is 0 Å². The van der Waals surface area contributed by atoms with Crippen LogP contribution in [0.3, 0.4) is 0 Å². The number of hydrogen-bond acceptors (Lipinski definition) is 2. The molecule has 0 radical (unpaired) electrons. The zero-order valence-corrected chi connectivity index (χ0v) is 8.76. The number of rotatable bonds is 4. The summed E-state index contributed by atoms with van der Waals surface area (Å²) in [5, 5.41) is 9.61. The van der Waals surface area contributed by atoms with E-state index in [1.165, 1.54) is 13.2 Å². The monoisotopic (exact) mass is 216 g/mol. The van der Waals surface area contributed by atoms with E-state index in [-0.39, 0.29) is 5.75 Å². The summed E-state index contributed by atoms with van der Waals surface area (Å²) in [6.07, 6.45) is 0.496. The Hall–Kier alpha value is -1.16. The van der Waals surface area contributed by atoms with Crippen molar-refractivity contribution in [3.8, 4) is 5.75 Å². The van der Waals surface area contributed by atoms with Crippen LogP contribution in [0.15, 0.2) is 12.1 Å². The summed E-state index contributed by atoms with van der Waals surface area (Å²) in [5.41, 5.74) is 0.340. The molecule has 0 aliphatic heterocycles. The largest absolute Gasteiger partial charge is 0.494 e. The average molecular weight is 216 g/mol. The molecule has 1 N–H and O–H groups in total. The van der Waals surface area contributed by atoms with Crippen LogP contribution in [-0.4, -0.2) is 12.2 Å². The fourth-order valence-electron chi connectivity index (χ4n) is 1.36. The second-order valence-electron chi connectivity index (χ2n) is 3.32. The molecule has 0 saturated heterocycles. The van der Waals surface area contributed by atoms with Gasteiger partial charge in [-0.05, 0) is 24.1 Å². The summed E-state index contributed by atoms with van der Waals surface area (Å²) < 4.78 is 30.8. The maximum absolute atomic E-state index is 13.1. The number of hydrogen-bond donors (Lipinski definition) is 1. The SMILES string of the molecule is CCCC(O)c1cc(F)c(F)c(OC)c1. The molecule has 0 amide bonds. The fraction of sp³-hybridized carbons (Fsp3) is 0.455. The van der Waals surface area contributed by atoms with Gasteiger partial charge >= 0.3 is 0 Å². The summed E-state index contributed by atoms with van der Waals surface area (Å²) in [7, 11) is 1.26.